The first-order valence-electron chi connectivity index (χ1n) is 6.37. The predicted octanol–water partition coefficient (Wildman–Crippen LogP) is 0.781. The van der Waals surface area contributed by atoms with Crippen LogP contribution < -0.4 is 10.6 Å². The number of aliphatic carboxylic acids is 1. The van der Waals surface area contributed by atoms with E-state index < -0.39 is 35.6 Å². The lowest BCUT2D eigenvalue weighted by Crippen LogP contribution is -2.44. The Morgan fingerprint density at radius 1 is 1.29 bits per heavy atom. The maximum absolute atomic E-state index is 12.9. The van der Waals surface area contributed by atoms with E-state index in [0.717, 1.165) is 6.07 Å². The molecule has 0 spiro atoms. The number of carbonyl (C=O) groups is 3. The average molecular weight is 296 g/mol. The highest BCUT2D eigenvalue weighted by Crippen LogP contribution is 2.03. The molecule has 0 aliphatic carbocycles. The molecule has 1 aromatic rings. The third-order valence-electron chi connectivity index (χ3n) is 3.02. The Kier molecular flexibility index (Phi) is 5.83. The fourth-order valence-corrected chi connectivity index (χ4v) is 1.54. The van der Waals surface area contributed by atoms with Crippen molar-refractivity contribution in [2.75, 3.05) is 6.54 Å². The Morgan fingerprint density at radius 3 is 2.52 bits per heavy atom. The van der Waals surface area contributed by atoms with Crippen LogP contribution in [0.25, 0.3) is 0 Å². The molecule has 0 heterocycles. The van der Waals surface area contributed by atoms with Gasteiger partial charge in [0.2, 0.25) is 5.91 Å². The molecular formula is C14H17FN2O4. The first kappa shape index (κ1) is 16.6. The second-order valence-corrected chi connectivity index (χ2v) is 4.68. The van der Waals surface area contributed by atoms with Gasteiger partial charge in [0.1, 0.15) is 5.82 Å². The minimum absolute atomic E-state index is 0.106. The van der Waals surface area contributed by atoms with Crippen LogP contribution in [0.4, 0.5) is 4.39 Å². The molecule has 2 unspecified atom stereocenters. The molecule has 7 heteroatoms. The number of hydrogen-bond acceptors (Lipinski definition) is 3. The molecule has 0 fully saturated rings. The van der Waals surface area contributed by atoms with Crippen LogP contribution in [0.2, 0.25) is 0 Å². The van der Waals surface area contributed by atoms with Crippen molar-refractivity contribution in [3.63, 3.8) is 0 Å². The van der Waals surface area contributed by atoms with Crippen LogP contribution in [0.15, 0.2) is 24.3 Å². The highest BCUT2D eigenvalue weighted by Gasteiger charge is 2.21. The van der Waals surface area contributed by atoms with Crippen LogP contribution in [0.5, 0.6) is 0 Å². The van der Waals surface area contributed by atoms with Crippen molar-refractivity contribution in [1.82, 2.24) is 10.6 Å². The van der Waals surface area contributed by atoms with Crippen molar-refractivity contribution in [3.05, 3.63) is 35.6 Å². The Labute approximate surface area is 121 Å². The molecule has 0 aliphatic rings. The van der Waals surface area contributed by atoms with Crippen molar-refractivity contribution in [2.24, 2.45) is 5.92 Å². The summed E-state index contributed by atoms with van der Waals surface area (Å²) in [6.45, 7) is 2.72. The summed E-state index contributed by atoms with van der Waals surface area (Å²) in [5.41, 5.74) is 0.106. The summed E-state index contributed by atoms with van der Waals surface area (Å²) in [5, 5.41) is 13.6. The predicted molar refractivity (Wildman–Crippen MR) is 73.1 cm³/mol. The molecule has 2 atom stereocenters. The van der Waals surface area contributed by atoms with E-state index in [0.29, 0.717) is 0 Å². The molecule has 3 N–H and O–H groups in total. The summed E-state index contributed by atoms with van der Waals surface area (Å²) in [6, 6.07) is 4.51. The Balaban J connectivity index is 2.46. The number of hydrogen-bond donors (Lipinski definition) is 3. The maximum Gasteiger partial charge on any atom is 0.308 e. The van der Waals surface area contributed by atoms with Gasteiger partial charge in [0, 0.05) is 11.6 Å². The van der Waals surface area contributed by atoms with Gasteiger partial charge in [0.25, 0.3) is 5.91 Å². The van der Waals surface area contributed by atoms with Crippen molar-refractivity contribution >= 4 is 17.8 Å². The van der Waals surface area contributed by atoms with E-state index in [1.165, 1.54) is 25.1 Å². The number of halogens is 1. The lowest BCUT2D eigenvalue weighted by molar-refractivity contribution is -0.142. The van der Waals surface area contributed by atoms with Gasteiger partial charge in [0.15, 0.2) is 0 Å². The largest absolute Gasteiger partial charge is 0.481 e. The summed E-state index contributed by atoms with van der Waals surface area (Å²) >= 11 is 0. The molecule has 0 aliphatic heterocycles. The number of nitrogens with one attached hydrogen (secondary N) is 2. The molecule has 1 aromatic carbocycles. The fraction of sp³-hybridized carbons (Fsp3) is 0.357. The third kappa shape index (κ3) is 5.21. The summed E-state index contributed by atoms with van der Waals surface area (Å²) < 4.78 is 12.9. The second-order valence-electron chi connectivity index (χ2n) is 4.68. The number of carbonyl (C=O) groups excluding carboxylic acids is 2. The smallest absolute Gasteiger partial charge is 0.308 e. The number of benzene rings is 1. The van der Waals surface area contributed by atoms with E-state index in [4.69, 9.17) is 5.11 Å². The topological polar surface area (TPSA) is 95.5 Å². The molecule has 1 rings (SSSR count). The van der Waals surface area contributed by atoms with Crippen LogP contribution in [0.1, 0.15) is 24.2 Å². The SMILES string of the molecule is CC(NC(=O)CNC(=O)c1cccc(F)c1)C(C)C(=O)O. The first-order chi connectivity index (χ1) is 9.81. The Morgan fingerprint density at radius 2 is 1.95 bits per heavy atom. The Bertz CT molecular complexity index is 548. The molecule has 0 saturated heterocycles. The van der Waals surface area contributed by atoms with Crippen molar-refractivity contribution < 1.29 is 23.9 Å². The number of rotatable bonds is 6. The van der Waals surface area contributed by atoms with Gasteiger partial charge < -0.3 is 15.7 Å². The molecule has 114 valence electrons. The van der Waals surface area contributed by atoms with E-state index in [1.54, 1.807) is 6.92 Å². The molecule has 0 aromatic heterocycles. The summed E-state index contributed by atoms with van der Waals surface area (Å²) in [5.74, 6) is -3.40. The third-order valence-corrected chi connectivity index (χ3v) is 3.02. The zero-order valence-electron chi connectivity index (χ0n) is 11.7. The second kappa shape index (κ2) is 7.37. The van der Waals surface area contributed by atoms with Crippen LogP contribution in [-0.2, 0) is 9.59 Å². The van der Waals surface area contributed by atoms with Gasteiger partial charge in [-0.25, -0.2) is 4.39 Å². The molecule has 0 saturated carbocycles. The van der Waals surface area contributed by atoms with Gasteiger partial charge >= 0.3 is 5.97 Å². The van der Waals surface area contributed by atoms with Gasteiger partial charge in [-0.3, -0.25) is 14.4 Å². The molecule has 0 radical (unpaired) electrons. The lowest BCUT2D eigenvalue weighted by atomic mass is 10.0. The lowest BCUT2D eigenvalue weighted by Gasteiger charge is -2.17. The number of carboxylic acids is 1. The number of carboxylic acid groups (broad SMARTS) is 1. The molecule has 6 nitrogen and oxygen atoms in total. The summed E-state index contributed by atoms with van der Waals surface area (Å²) in [6.07, 6.45) is 0. The van der Waals surface area contributed by atoms with E-state index in [-0.39, 0.29) is 12.1 Å². The highest BCUT2D eigenvalue weighted by atomic mass is 19.1. The van der Waals surface area contributed by atoms with Gasteiger partial charge in [0.05, 0.1) is 12.5 Å². The van der Waals surface area contributed by atoms with Crippen LogP contribution in [0.3, 0.4) is 0 Å². The standard InChI is InChI=1S/C14H17FN2O4/c1-8(14(20)21)9(2)17-12(18)7-16-13(19)10-4-3-5-11(15)6-10/h3-6,8-9H,7H2,1-2H3,(H,16,19)(H,17,18)(H,20,21). The van der Waals surface area contributed by atoms with Gasteiger partial charge in [-0.05, 0) is 32.0 Å². The monoisotopic (exact) mass is 296 g/mol. The normalized spacial score (nSPS) is 13.1. The van der Waals surface area contributed by atoms with E-state index in [9.17, 15) is 18.8 Å². The van der Waals surface area contributed by atoms with E-state index in [2.05, 4.69) is 10.6 Å². The van der Waals surface area contributed by atoms with E-state index >= 15 is 0 Å². The van der Waals surface area contributed by atoms with Crippen LogP contribution in [0, 0.1) is 11.7 Å². The van der Waals surface area contributed by atoms with Crippen LogP contribution in [-0.4, -0.2) is 35.5 Å². The molecule has 0 bridgehead atoms. The van der Waals surface area contributed by atoms with E-state index in [1.807, 2.05) is 0 Å². The molecule has 2 amide bonds. The zero-order valence-corrected chi connectivity index (χ0v) is 11.7. The zero-order chi connectivity index (χ0) is 16.0. The number of amides is 2. The maximum atomic E-state index is 12.9. The van der Waals surface area contributed by atoms with Gasteiger partial charge in [-0.1, -0.05) is 6.07 Å². The van der Waals surface area contributed by atoms with Crippen molar-refractivity contribution in [3.8, 4) is 0 Å². The molecule has 21 heavy (non-hydrogen) atoms. The van der Waals surface area contributed by atoms with Crippen LogP contribution >= 0.6 is 0 Å². The molecular weight excluding hydrogens is 279 g/mol. The summed E-state index contributed by atoms with van der Waals surface area (Å²) in [4.78, 5) is 34.0. The quantitative estimate of drug-likeness (QED) is 0.723. The minimum Gasteiger partial charge on any atom is -0.481 e. The average Bonchev–Trinajstić information content (AvgIpc) is 2.43. The fourth-order valence-electron chi connectivity index (χ4n) is 1.54. The van der Waals surface area contributed by atoms with Crippen molar-refractivity contribution in [1.29, 1.82) is 0 Å². The van der Waals surface area contributed by atoms with Gasteiger partial charge in [-0.2, -0.15) is 0 Å². The first-order valence-corrected chi connectivity index (χ1v) is 6.37. The van der Waals surface area contributed by atoms with Crippen molar-refractivity contribution in [2.45, 2.75) is 19.9 Å². The van der Waals surface area contributed by atoms with Gasteiger partial charge in [-0.15, -0.1) is 0 Å². The highest BCUT2D eigenvalue weighted by molar-refractivity contribution is 5.96. The minimum atomic E-state index is -1.02. The summed E-state index contributed by atoms with van der Waals surface area (Å²) in [7, 11) is 0. The Hall–Kier alpha value is -2.44.